The third kappa shape index (κ3) is 13.8. The molecule has 7 heterocycles. The molecule has 2 unspecified atom stereocenters. The summed E-state index contributed by atoms with van der Waals surface area (Å²) in [7, 11) is 0. The molecular formula is C131H84N10. The zero-order valence-electron chi connectivity index (χ0n) is 76.5. The summed E-state index contributed by atoms with van der Waals surface area (Å²) >= 11 is 0. The van der Waals surface area contributed by atoms with Gasteiger partial charge in [0.25, 0.3) is 0 Å². The van der Waals surface area contributed by atoms with Crippen LogP contribution in [0.1, 0.15) is 66.8 Å². The second kappa shape index (κ2) is 34.6. The average Bonchev–Trinajstić information content (AvgIpc) is 1.51. The SMILES string of the molecule is c1ccc(-c2cc(-c3ccc4c(c3)C(c3ccccc3)(c3ccccc3)c3ccncc3-4)nc(-c3ccccc3)n2)cc1.c1ccc(-c2cc(-c3cccc(-c4ccc5c(c4)C4(c6ccccc6-5)c5ccncc5-c5ncccc54)c3)nc(-c3ccccc3)n2)cc1.c1ccc(-c2cc(-c3cccc(-c4ccc5c(c4)C4(c6ccccc6-c6cnccc64)c4ccccc4-5)c3)nc(-c3ccccc3)n2)cc1. The van der Waals surface area contributed by atoms with E-state index in [0.717, 1.165) is 118 Å². The average molecular weight is 1800 g/mol. The lowest BCUT2D eigenvalue weighted by Crippen LogP contribution is -2.28. The van der Waals surface area contributed by atoms with Gasteiger partial charge in [-0.3, -0.25) is 19.9 Å². The number of fused-ring (bicyclic) bond motifs is 23. The summed E-state index contributed by atoms with van der Waals surface area (Å²) in [6.45, 7) is 0. The van der Waals surface area contributed by atoms with Crippen molar-refractivity contribution in [3.05, 3.63) is 577 Å². The summed E-state index contributed by atoms with van der Waals surface area (Å²) in [6.07, 6.45) is 13.7. The molecular weight excluding hydrogens is 1710 g/mol. The predicted octanol–water partition coefficient (Wildman–Crippen LogP) is 30.4. The third-order valence-corrected chi connectivity index (χ3v) is 28.7. The fraction of sp³-hybridized carbons (Fsp3) is 0.0229. The number of hydrogen-bond donors (Lipinski definition) is 0. The number of aromatic nitrogens is 10. The second-order valence-corrected chi connectivity index (χ2v) is 36.3. The lowest BCUT2D eigenvalue weighted by atomic mass is 9.67. The highest BCUT2D eigenvalue weighted by Gasteiger charge is 2.54. The number of nitrogens with zero attached hydrogens (tertiary/aromatic N) is 10. The van der Waals surface area contributed by atoms with E-state index in [1.165, 1.54) is 111 Å². The summed E-state index contributed by atoms with van der Waals surface area (Å²) in [6, 6.07) is 165. The minimum Gasteiger partial charge on any atom is -0.264 e. The van der Waals surface area contributed by atoms with Crippen molar-refractivity contribution in [3.63, 3.8) is 0 Å². The van der Waals surface area contributed by atoms with Crippen LogP contribution < -0.4 is 0 Å². The van der Waals surface area contributed by atoms with Crippen molar-refractivity contribution < 1.29 is 0 Å². The first kappa shape index (κ1) is 83.0. The van der Waals surface area contributed by atoms with E-state index >= 15 is 0 Å². The molecule has 0 saturated heterocycles. The summed E-state index contributed by atoms with van der Waals surface area (Å²) in [5.74, 6) is 2.14. The van der Waals surface area contributed by atoms with Crippen LogP contribution in [-0.4, -0.2) is 49.8 Å². The molecule has 0 radical (unpaired) electrons. The summed E-state index contributed by atoms with van der Waals surface area (Å²) in [5, 5.41) is 0. The molecule has 0 N–H and O–H groups in total. The zero-order valence-corrected chi connectivity index (χ0v) is 76.5. The van der Waals surface area contributed by atoms with E-state index in [2.05, 4.69) is 385 Å². The van der Waals surface area contributed by atoms with Crippen molar-refractivity contribution in [3.8, 4) is 180 Å². The quantitative estimate of drug-likeness (QED) is 0.110. The number of pyridine rings is 4. The van der Waals surface area contributed by atoms with E-state index in [9.17, 15) is 0 Å². The number of benzene rings is 16. The standard InChI is InChI=1S/C46H29N3.C45H28N4.C40H27N3/c1-3-12-30(13-4-1)43-28-44(49-45(48-43)31-14-5-2-6-15-31)34-17-11-16-32(26-34)33-22-23-37-35-18-7-9-20-39(35)46(42(37)27-33)40-21-10-8-19-36(40)38-29-47-25-24-41(38)46;1-3-11-29(12-4-1)41-27-42(49-44(48-41)30-13-5-2-6-14-30)33-16-9-15-31(25-33)32-20-21-35-34-17-7-8-18-37(34)45(40(35)26-32)38-22-24-46-28-36(38)43-39(45)19-10-23-47-43;1-5-13-28(14-6-1)37-26-38(43-39(42-37)29-15-7-2-8-16-29)30-21-22-33-34-27-41-24-23-35(34)40(36(33)25-30,31-17-9-3-10-18-31)32-19-11-4-12-20-32/h1-29H;1-28H;1-27H. The van der Waals surface area contributed by atoms with Crippen molar-refractivity contribution in [2.24, 2.45) is 0 Å². The van der Waals surface area contributed by atoms with Gasteiger partial charge in [0.1, 0.15) is 0 Å². The summed E-state index contributed by atoms with van der Waals surface area (Å²) in [5.41, 5.74) is 45.1. The Kier molecular flexibility index (Phi) is 20.4. The second-order valence-electron chi connectivity index (χ2n) is 36.3. The van der Waals surface area contributed by atoms with Crippen LogP contribution in [0, 0.1) is 0 Å². The Morgan fingerprint density at radius 3 is 0.801 bits per heavy atom. The van der Waals surface area contributed by atoms with Crippen LogP contribution in [-0.2, 0) is 16.2 Å². The zero-order chi connectivity index (χ0) is 93.4. The first-order valence-electron chi connectivity index (χ1n) is 47.8. The third-order valence-electron chi connectivity index (χ3n) is 28.7. The van der Waals surface area contributed by atoms with Gasteiger partial charge >= 0.3 is 0 Å². The van der Waals surface area contributed by atoms with Crippen LogP contribution in [0.3, 0.4) is 0 Å². The van der Waals surface area contributed by atoms with Crippen molar-refractivity contribution in [1.29, 1.82) is 0 Å². The van der Waals surface area contributed by atoms with Crippen LogP contribution >= 0.6 is 0 Å². The van der Waals surface area contributed by atoms with Gasteiger partial charge in [0.05, 0.1) is 56.1 Å². The van der Waals surface area contributed by atoms with Crippen LogP contribution in [0.4, 0.5) is 0 Å². The molecule has 16 aromatic carbocycles. The molecule has 5 aliphatic carbocycles. The molecule has 7 aromatic heterocycles. The van der Waals surface area contributed by atoms with Gasteiger partial charge in [-0.2, -0.15) is 0 Å². The molecule has 0 bridgehead atoms. The van der Waals surface area contributed by atoms with Gasteiger partial charge in [-0.05, 0) is 195 Å². The molecule has 0 aliphatic heterocycles. The maximum absolute atomic E-state index is 5.14. The van der Waals surface area contributed by atoms with E-state index in [0.29, 0.717) is 17.5 Å². The normalized spacial score (nSPS) is 14.4. The Morgan fingerprint density at radius 2 is 0.397 bits per heavy atom. The smallest absolute Gasteiger partial charge is 0.160 e. The Morgan fingerprint density at radius 1 is 0.142 bits per heavy atom. The van der Waals surface area contributed by atoms with E-state index in [-0.39, 0.29) is 0 Å². The van der Waals surface area contributed by atoms with Gasteiger partial charge in [-0.1, -0.05) is 394 Å². The van der Waals surface area contributed by atoms with Crippen molar-refractivity contribution in [2.75, 3.05) is 0 Å². The van der Waals surface area contributed by atoms with Gasteiger partial charge in [0.2, 0.25) is 0 Å². The van der Waals surface area contributed by atoms with Gasteiger partial charge in [0, 0.05) is 110 Å². The molecule has 0 amide bonds. The highest BCUT2D eigenvalue weighted by atomic mass is 14.9. The highest BCUT2D eigenvalue weighted by molar-refractivity contribution is 5.99. The largest absolute Gasteiger partial charge is 0.264 e. The van der Waals surface area contributed by atoms with Crippen molar-refractivity contribution in [2.45, 2.75) is 16.2 Å². The molecule has 10 nitrogen and oxygen atoms in total. The van der Waals surface area contributed by atoms with E-state index < -0.39 is 16.2 Å². The Labute approximate surface area is 817 Å². The predicted molar refractivity (Wildman–Crippen MR) is 567 cm³/mol. The molecule has 2 spiro atoms. The molecule has 0 fully saturated rings. The number of rotatable bonds is 13. The Balaban J connectivity index is 0.000000109. The minimum absolute atomic E-state index is 0.407. The van der Waals surface area contributed by atoms with E-state index in [4.69, 9.17) is 34.9 Å². The summed E-state index contributed by atoms with van der Waals surface area (Å²) < 4.78 is 0. The molecule has 658 valence electrons. The van der Waals surface area contributed by atoms with E-state index in [1.54, 1.807) is 0 Å². The first-order chi connectivity index (χ1) is 69.9. The van der Waals surface area contributed by atoms with Crippen LogP contribution in [0.5, 0.6) is 0 Å². The molecule has 2 atom stereocenters. The lowest BCUT2D eigenvalue weighted by molar-refractivity contribution is 0.767. The topological polar surface area (TPSA) is 129 Å². The minimum atomic E-state index is -0.496. The van der Waals surface area contributed by atoms with Gasteiger partial charge in [-0.15, -0.1) is 0 Å². The first-order valence-corrected chi connectivity index (χ1v) is 47.8. The maximum atomic E-state index is 5.14. The van der Waals surface area contributed by atoms with Crippen molar-refractivity contribution in [1.82, 2.24) is 49.8 Å². The van der Waals surface area contributed by atoms with Crippen molar-refractivity contribution >= 4 is 0 Å². The fourth-order valence-corrected chi connectivity index (χ4v) is 22.6. The van der Waals surface area contributed by atoms with Gasteiger partial charge in [0.15, 0.2) is 17.5 Å². The Hall–Kier alpha value is -18.6. The lowest BCUT2D eigenvalue weighted by Gasteiger charge is -2.34. The highest BCUT2D eigenvalue weighted by Crippen LogP contribution is 2.66. The number of hydrogen-bond acceptors (Lipinski definition) is 10. The van der Waals surface area contributed by atoms with Gasteiger partial charge < -0.3 is 0 Å². The summed E-state index contributed by atoms with van der Waals surface area (Å²) in [4.78, 5) is 48.9. The molecule has 0 saturated carbocycles. The van der Waals surface area contributed by atoms with Crippen LogP contribution in [0.2, 0.25) is 0 Å². The molecule has 28 rings (SSSR count). The Bertz CT molecular complexity index is 8090. The molecule has 23 aromatic rings. The molecule has 5 aliphatic rings. The van der Waals surface area contributed by atoms with Crippen LogP contribution in [0.25, 0.3) is 180 Å². The van der Waals surface area contributed by atoms with Gasteiger partial charge in [-0.25, -0.2) is 29.9 Å². The van der Waals surface area contributed by atoms with Crippen LogP contribution in [0.15, 0.2) is 510 Å². The maximum Gasteiger partial charge on any atom is 0.160 e. The van der Waals surface area contributed by atoms with E-state index in [1.807, 2.05) is 140 Å². The molecule has 10 heteroatoms. The molecule has 141 heavy (non-hydrogen) atoms. The fourth-order valence-electron chi connectivity index (χ4n) is 22.6. The monoisotopic (exact) mass is 1800 g/mol.